The van der Waals surface area contributed by atoms with Gasteiger partial charge in [0, 0.05) is 13.6 Å². The smallest absolute Gasteiger partial charge is 0.231 e. The maximum Gasteiger partial charge on any atom is 0.231 e. The number of hydrogen-bond acceptors (Lipinski definition) is 5. The average molecular weight is 129 g/mol. The summed E-state index contributed by atoms with van der Waals surface area (Å²) in [6.07, 6.45) is 0. The number of hydrogen-bond donors (Lipinski definition) is 2. The van der Waals surface area contributed by atoms with Gasteiger partial charge in [0.25, 0.3) is 0 Å². The predicted molar refractivity (Wildman–Crippen MR) is 34.9 cm³/mol. The minimum atomic E-state index is 0.497. The zero-order valence-electron chi connectivity index (χ0n) is 5.63. The average Bonchev–Trinajstić information content (AvgIpc) is 2.15. The lowest BCUT2D eigenvalue weighted by molar-refractivity contribution is 0.0432. The van der Waals surface area contributed by atoms with Crippen LogP contribution in [0.15, 0.2) is 5.10 Å². The molecule has 1 aliphatic rings. The van der Waals surface area contributed by atoms with Crippen LogP contribution < -0.4 is 11.3 Å². The van der Waals surface area contributed by atoms with Gasteiger partial charge in [-0.15, -0.1) is 10.2 Å². The number of guanidine groups is 1. The number of nitrogens with zero attached hydrogens (tertiary/aromatic N) is 3. The van der Waals surface area contributed by atoms with Gasteiger partial charge in [-0.3, -0.25) is 5.01 Å². The van der Waals surface area contributed by atoms with E-state index in [0.29, 0.717) is 5.96 Å². The maximum atomic E-state index is 5.42. The maximum absolute atomic E-state index is 5.42. The molecule has 52 valence electrons. The van der Waals surface area contributed by atoms with E-state index in [9.17, 15) is 0 Å². The SMILES string of the molecule is CCN1NN=C(N)N1C. The molecule has 0 saturated carbocycles. The van der Waals surface area contributed by atoms with Crippen molar-refractivity contribution in [1.29, 1.82) is 0 Å². The van der Waals surface area contributed by atoms with Gasteiger partial charge in [-0.2, -0.15) is 0 Å². The van der Waals surface area contributed by atoms with Gasteiger partial charge in [-0.25, -0.2) is 5.53 Å². The monoisotopic (exact) mass is 129 g/mol. The van der Waals surface area contributed by atoms with Gasteiger partial charge in [0.05, 0.1) is 0 Å². The third-order valence-corrected chi connectivity index (χ3v) is 1.27. The molecular weight excluding hydrogens is 118 g/mol. The lowest BCUT2D eigenvalue weighted by Crippen LogP contribution is -2.44. The van der Waals surface area contributed by atoms with Crippen LogP contribution in [0.25, 0.3) is 0 Å². The fourth-order valence-corrected chi connectivity index (χ4v) is 0.655. The Morgan fingerprint density at radius 3 is 2.67 bits per heavy atom. The van der Waals surface area contributed by atoms with Crippen LogP contribution in [0.2, 0.25) is 0 Å². The summed E-state index contributed by atoms with van der Waals surface area (Å²) in [4.78, 5) is 0. The zero-order chi connectivity index (χ0) is 6.85. The van der Waals surface area contributed by atoms with Gasteiger partial charge in [-0.05, 0) is 6.92 Å². The van der Waals surface area contributed by atoms with Crippen LogP contribution in [-0.4, -0.2) is 29.7 Å². The first-order chi connectivity index (χ1) is 4.25. The van der Waals surface area contributed by atoms with Gasteiger partial charge in [0.2, 0.25) is 5.96 Å². The summed E-state index contributed by atoms with van der Waals surface area (Å²) in [7, 11) is 1.85. The first-order valence-corrected chi connectivity index (χ1v) is 2.85. The summed E-state index contributed by atoms with van der Waals surface area (Å²) >= 11 is 0. The Hall–Kier alpha value is -0.970. The van der Waals surface area contributed by atoms with Gasteiger partial charge in [-0.1, -0.05) is 0 Å². The Morgan fingerprint density at radius 2 is 2.44 bits per heavy atom. The molecule has 1 heterocycles. The van der Waals surface area contributed by atoms with Crippen molar-refractivity contribution in [3.8, 4) is 0 Å². The predicted octanol–water partition coefficient (Wildman–Crippen LogP) is -1.10. The number of nitrogens with two attached hydrogens (primary N) is 1. The molecule has 3 N–H and O–H groups in total. The van der Waals surface area contributed by atoms with E-state index >= 15 is 0 Å². The molecule has 0 aromatic carbocycles. The molecular formula is C4H11N5. The lowest BCUT2D eigenvalue weighted by atomic mass is 10.8. The van der Waals surface area contributed by atoms with Gasteiger partial charge in [0.15, 0.2) is 0 Å². The van der Waals surface area contributed by atoms with Crippen molar-refractivity contribution < 1.29 is 0 Å². The zero-order valence-corrected chi connectivity index (χ0v) is 5.63. The quantitative estimate of drug-likeness (QED) is 0.472. The van der Waals surface area contributed by atoms with Crippen LogP contribution in [0.3, 0.4) is 0 Å². The van der Waals surface area contributed by atoms with E-state index in [0.717, 1.165) is 6.54 Å². The highest BCUT2D eigenvalue weighted by atomic mass is 15.9. The second kappa shape index (κ2) is 2.10. The molecule has 0 amide bonds. The Morgan fingerprint density at radius 1 is 1.78 bits per heavy atom. The van der Waals surface area contributed by atoms with Gasteiger partial charge < -0.3 is 5.73 Å². The van der Waals surface area contributed by atoms with Crippen molar-refractivity contribution >= 4 is 5.96 Å². The normalized spacial score (nSPS) is 19.8. The van der Waals surface area contributed by atoms with E-state index < -0.39 is 0 Å². The molecule has 0 atom stereocenters. The van der Waals surface area contributed by atoms with Crippen molar-refractivity contribution in [2.75, 3.05) is 13.6 Å². The molecule has 1 rings (SSSR count). The minimum Gasteiger partial charge on any atom is -0.367 e. The second-order valence-corrected chi connectivity index (χ2v) is 1.81. The number of rotatable bonds is 1. The molecule has 5 heteroatoms. The number of nitrogens with one attached hydrogen (secondary N) is 1. The Kier molecular flexibility index (Phi) is 1.44. The van der Waals surface area contributed by atoms with Crippen LogP contribution >= 0.6 is 0 Å². The minimum absolute atomic E-state index is 0.497. The number of hydrazone groups is 1. The third kappa shape index (κ3) is 0.904. The molecule has 0 aliphatic carbocycles. The van der Waals surface area contributed by atoms with Crippen LogP contribution in [-0.2, 0) is 0 Å². The molecule has 9 heavy (non-hydrogen) atoms. The van der Waals surface area contributed by atoms with Crippen LogP contribution in [0.5, 0.6) is 0 Å². The third-order valence-electron chi connectivity index (χ3n) is 1.27. The summed E-state index contributed by atoms with van der Waals surface area (Å²) in [6.45, 7) is 2.86. The Labute approximate surface area is 54.0 Å². The van der Waals surface area contributed by atoms with Crippen LogP contribution in [0, 0.1) is 0 Å². The van der Waals surface area contributed by atoms with E-state index in [-0.39, 0.29) is 0 Å². The Balaban J connectivity index is 2.51. The molecule has 5 nitrogen and oxygen atoms in total. The molecule has 0 aromatic heterocycles. The van der Waals surface area contributed by atoms with Crippen LogP contribution in [0.1, 0.15) is 6.92 Å². The molecule has 0 aromatic rings. The van der Waals surface area contributed by atoms with Crippen molar-refractivity contribution in [2.24, 2.45) is 10.8 Å². The van der Waals surface area contributed by atoms with Crippen molar-refractivity contribution in [3.05, 3.63) is 0 Å². The summed E-state index contributed by atoms with van der Waals surface area (Å²) < 4.78 is 0. The highest BCUT2D eigenvalue weighted by Crippen LogP contribution is 1.94. The largest absolute Gasteiger partial charge is 0.367 e. The summed E-state index contributed by atoms with van der Waals surface area (Å²) in [6, 6.07) is 0. The topological polar surface area (TPSA) is 56.9 Å². The van der Waals surface area contributed by atoms with Crippen molar-refractivity contribution in [2.45, 2.75) is 6.92 Å². The van der Waals surface area contributed by atoms with Gasteiger partial charge >= 0.3 is 0 Å². The molecule has 0 radical (unpaired) electrons. The molecule has 0 saturated heterocycles. The number of hydrazine groups is 2. The van der Waals surface area contributed by atoms with E-state index in [4.69, 9.17) is 5.73 Å². The first-order valence-electron chi connectivity index (χ1n) is 2.85. The van der Waals surface area contributed by atoms with E-state index in [1.54, 1.807) is 10.1 Å². The highest BCUT2D eigenvalue weighted by molar-refractivity contribution is 5.77. The van der Waals surface area contributed by atoms with Crippen molar-refractivity contribution in [1.82, 2.24) is 15.7 Å². The van der Waals surface area contributed by atoms with E-state index in [1.807, 2.05) is 14.0 Å². The molecule has 1 aliphatic heterocycles. The van der Waals surface area contributed by atoms with E-state index in [1.165, 1.54) is 0 Å². The van der Waals surface area contributed by atoms with Crippen LogP contribution in [0.4, 0.5) is 0 Å². The molecule has 0 bridgehead atoms. The first kappa shape index (κ1) is 6.15. The lowest BCUT2D eigenvalue weighted by Gasteiger charge is -2.21. The Bertz CT molecular complexity index is 131. The second-order valence-electron chi connectivity index (χ2n) is 1.81. The van der Waals surface area contributed by atoms with E-state index in [2.05, 4.69) is 10.6 Å². The highest BCUT2D eigenvalue weighted by Gasteiger charge is 2.15. The molecule has 0 spiro atoms. The fraction of sp³-hybridized carbons (Fsp3) is 0.750. The van der Waals surface area contributed by atoms with Gasteiger partial charge in [0.1, 0.15) is 0 Å². The van der Waals surface area contributed by atoms with Crippen molar-refractivity contribution in [3.63, 3.8) is 0 Å². The fourth-order valence-electron chi connectivity index (χ4n) is 0.655. The summed E-state index contributed by atoms with van der Waals surface area (Å²) in [5.41, 5.74) is 8.14. The molecule has 0 fully saturated rings. The standard InChI is InChI=1S/C4H11N5/c1-3-9-7-6-4(5)8(9)2/h7H,3H2,1-2H3,(H2,5,6). The summed E-state index contributed by atoms with van der Waals surface area (Å²) in [5.74, 6) is 0.497. The molecule has 0 unspecified atom stereocenters. The summed E-state index contributed by atoms with van der Waals surface area (Å²) in [5, 5.41) is 7.32.